The minimum absolute atomic E-state index is 0.625. The van der Waals surface area contributed by atoms with Crippen molar-refractivity contribution in [2.45, 2.75) is 13.8 Å². The predicted octanol–water partition coefficient (Wildman–Crippen LogP) is 5.24. The van der Waals surface area contributed by atoms with Crippen molar-refractivity contribution in [3.05, 3.63) is 78.1 Å². The van der Waals surface area contributed by atoms with Crippen LogP contribution >= 0.6 is 11.3 Å². The number of rotatable bonds is 5. The highest BCUT2D eigenvalue weighted by Gasteiger charge is 2.14. The van der Waals surface area contributed by atoms with Gasteiger partial charge in [-0.2, -0.15) is 5.10 Å². The number of anilines is 1. The fourth-order valence-electron chi connectivity index (χ4n) is 3.44. The lowest BCUT2D eigenvalue weighted by atomic mass is 10.1. The van der Waals surface area contributed by atoms with Gasteiger partial charge < -0.3 is 5.32 Å². The standard InChI is InChI=1S/C23H19N7S/c1-13-4-5-20(31-13)21-14(2)19(6-7-26-21)28-15(3)22-18-8-16(11-27-23(18)30-29-22)17-9-24-12-25-10-17/h4-12H,3H2,1-2H3,(H,26,28)(H,27,29,30). The monoisotopic (exact) mass is 425 g/mol. The number of aryl methyl sites for hydroxylation is 1. The highest BCUT2D eigenvalue weighted by Crippen LogP contribution is 2.33. The summed E-state index contributed by atoms with van der Waals surface area (Å²) < 4.78 is 0. The largest absolute Gasteiger partial charge is 0.354 e. The first-order valence-corrected chi connectivity index (χ1v) is 10.5. The number of nitrogens with one attached hydrogen (secondary N) is 2. The Morgan fingerprint density at radius 3 is 2.65 bits per heavy atom. The average Bonchev–Trinajstić information content (AvgIpc) is 3.41. The molecule has 0 aliphatic rings. The fourth-order valence-corrected chi connectivity index (χ4v) is 4.36. The van der Waals surface area contributed by atoms with E-state index in [2.05, 4.69) is 68.0 Å². The van der Waals surface area contributed by atoms with Gasteiger partial charge in [-0.25, -0.2) is 15.0 Å². The SMILES string of the molecule is C=C(Nc1ccnc(-c2ccc(C)s2)c1C)c1[nH]nc2ncc(-c3cncnc3)cc12. The number of hydrogen-bond donors (Lipinski definition) is 2. The van der Waals surface area contributed by atoms with Gasteiger partial charge >= 0.3 is 0 Å². The van der Waals surface area contributed by atoms with Crippen LogP contribution in [0.25, 0.3) is 38.4 Å². The first-order chi connectivity index (χ1) is 15.1. The van der Waals surface area contributed by atoms with E-state index in [1.807, 2.05) is 18.3 Å². The van der Waals surface area contributed by atoms with Gasteiger partial charge in [0.15, 0.2) is 5.65 Å². The first kappa shape index (κ1) is 19.1. The third-order valence-corrected chi connectivity index (χ3v) is 6.08. The van der Waals surface area contributed by atoms with Crippen molar-refractivity contribution in [3.8, 4) is 21.7 Å². The molecule has 0 amide bonds. The van der Waals surface area contributed by atoms with E-state index in [-0.39, 0.29) is 0 Å². The van der Waals surface area contributed by atoms with Crippen LogP contribution in [-0.4, -0.2) is 30.1 Å². The summed E-state index contributed by atoms with van der Waals surface area (Å²) in [5.41, 5.74) is 6.90. The van der Waals surface area contributed by atoms with Gasteiger partial charge in [-0.15, -0.1) is 11.3 Å². The highest BCUT2D eigenvalue weighted by molar-refractivity contribution is 7.15. The molecule has 5 aromatic rings. The number of fused-ring (bicyclic) bond motifs is 1. The molecule has 0 saturated carbocycles. The van der Waals surface area contributed by atoms with Gasteiger partial charge in [-0.1, -0.05) is 6.58 Å². The molecule has 5 rings (SSSR count). The second-order valence-electron chi connectivity index (χ2n) is 7.17. The predicted molar refractivity (Wildman–Crippen MR) is 125 cm³/mol. The molecule has 0 atom stereocenters. The summed E-state index contributed by atoms with van der Waals surface area (Å²) in [6, 6.07) is 8.19. The zero-order valence-corrected chi connectivity index (χ0v) is 17.9. The lowest BCUT2D eigenvalue weighted by Crippen LogP contribution is -2.01. The van der Waals surface area contributed by atoms with E-state index in [9.17, 15) is 0 Å². The topological polar surface area (TPSA) is 92.3 Å². The average molecular weight is 426 g/mol. The smallest absolute Gasteiger partial charge is 0.181 e. The van der Waals surface area contributed by atoms with Crippen molar-refractivity contribution >= 4 is 33.8 Å². The molecule has 5 aromatic heterocycles. The molecule has 2 N–H and O–H groups in total. The molecule has 8 heteroatoms. The normalized spacial score (nSPS) is 11.0. The Labute approximate surface area is 183 Å². The molecule has 0 aromatic carbocycles. The van der Waals surface area contributed by atoms with E-state index >= 15 is 0 Å². The summed E-state index contributed by atoms with van der Waals surface area (Å²) in [6.07, 6.45) is 8.61. The molecular formula is C23H19N7S. The van der Waals surface area contributed by atoms with Crippen LogP contribution in [-0.2, 0) is 0 Å². The van der Waals surface area contributed by atoms with Crippen molar-refractivity contribution in [1.29, 1.82) is 0 Å². The van der Waals surface area contributed by atoms with E-state index in [1.54, 1.807) is 29.9 Å². The first-order valence-electron chi connectivity index (χ1n) is 9.68. The van der Waals surface area contributed by atoms with Gasteiger partial charge in [0.25, 0.3) is 0 Å². The summed E-state index contributed by atoms with van der Waals surface area (Å²) in [4.78, 5) is 19.6. The van der Waals surface area contributed by atoms with Gasteiger partial charge in [0.1, 0.15) is 6.33 Å². The number of aromatic nitrogens is 6. The zero-order chi connectivity index (χ0) is 21.4. The maximum absolute atomic E-state index is 4.59. The van der Waals surface area contributed by atoms with Gasteiger partial charge in [-0.05, 0) is 43.7 Å². The fraction of sp³-hybridized carbons (Fsp3) is 0.0870. The maximum Gasteiger partial charge on any atom is 0.181 e. The summed E-state index contributed by atoms with van der Waals surface area (Å²) in [6.45, 7) is 8.40. The molecule has 0 aliphatic carbocycles. The second-order valence-corrected chi connectivity index (χ2v) is 8.45. The Morgan fingerprint density at radius 2 is 1.87 bits per heavy atom. The van der Waals surface area contributed by atoms with E-state index < -0.39 is 0 Å². The molecular weight excluding hydrogens is 406 g/mol. The minimum Gasteiger partial charge on any atom is -0.354 e. The van der Waals surface area contributed by atoms with E-state index in [4.69, 9.17) is 0 Å². The van der Waals surface area contributed by atoms with Crippen LogP contribution in [0, 0.1) is 13.8 Å². The van der Waals surface area contributed by atoms with Gasteiger partial charge in [-0.3, -0.25) is 10.1 Å². The Balaban J connectivity index is 1.49. The van der Waals surface area contributed by atoms with Gasteiger partial charge in [0.2, 0.25) is 0 Å². The zero-order valence-electron chi connectivity index (χ0n) is 17.0. The molecule has 5 heterocycles. The van der Waals surface area contributed by atoms with Crippen LogP contribution in [0.2, 0.25) is 0 Å². The van der Waals surface area contributed by atoms with E-state index in [1.165, 1.54) is 11.2 Å². The summed E-state index contributed by atoms with van der Waals surface area (Å²) >= 11 is 1.73. The molecule has 7 nitrogen and oxygen atoms in total. The van der Waals surface area contributed by atoms with Crippen LogP contribution in [0.1, 0.15) is 16.1 Å². The van der Waals surface area contributed by atoms with Crippen molar-refractivity contribution in [2.75, 3.05) is 5.32 Å². The molecule has 0 aliphatic heterocycles. The van der Waals surface area contributed by atoms with E-state index in [0.29, 0.717) is 11.3 Å². The number of aromatic amines is 1. The van der Waals surface area contributed by atoms with Crippen molar-refractivity contribution in [2.24, 2.45) is 0 Å². The molecule has 0 spiro atoms. The lowest BCUT2D eigenvalue weighted by Gasteiger charge is -2.13. The Morgan fingerprint density at radius 1 is 1.03 bits per heavy atom. The Kier molecular flexibility index (Phi) is 4.76. The van der Waals surface area contributed by atoms with E-state index in [0.717, 1.165) is 44.0 Å². The second kappa shape index (κ2) is 7.73. The third kappa shape index (κ3) is 3.57. The number of pyridine rings is 2. The van der Waals surface area contributed by atoms with Crippen molar-refractivity contribution < 1.29 is 0 Å². The number of thiophene rings is 1. The lowest BCUT2D eigenvalue weighted by molar-refractivity contribution is 1.08. The van der Waals surface area contributed by atoms with Crippen LogP contribution in [0.5, 0.6) is 0 Å². The molecule has 152 valence electrons. The minimum atomic E-state index is 0.625. The van der Waals surface area contributed by atoms with Gasteiger partial charge in [0, 0.05) is 51.9 Å². The summed E-state index contributed by atoms with van der Waals surface area (Å²) in [5.74, 6) is 0. The number of hydrogen-bond acceptors (Lipinski definition) is 7. The van der Waals surface area contributed by atoms with Crippen LogP contribution in [0.15, 0.2) is 62.0 Å². The molecule has 0 fully saturated rings. The highest BCUT2D eigenvalue weighted by atomic mass is 32.1. The third-order valence-electron chi connectivity index (χ3n) is 5.07. The number of H-pyrrole nitrogens is 1. The van der Waals surface area contributed by atoms with Crippen molar-refractivity contribution in [3.63, 3.8) is 0 Å². The summed E-state index contributed by atoms with van der Waals surface area (Å²) in [7, 11) is 0. The maximum atomic E-state index is 4.59. The van der Waals surface area contributed by atoms with Crippen LogP contribution in [0.3, 0.4) is 0 Å². The molecule has 0 bridgehead atoms. The van der Waals surface area contributed by atoms with Crippen molar-refractivity contribution in [1.82, 2.24) is 30.1 Å². The quantitative estimate of drug-likeness (QED) is 0.400. The Hall–Kier alpha value is -3.91. The molecule has 0 radical (unpaired) electrons. The molecule has 0 unspecified atom stereocenters. The molecule has 0 saturated heterocycles. The van der Waals surface area contributed by atoms with Crippen LogP contribution in [0.4, 0.5) is 5.69 Å². The van der Waals surface area contributed by atoms with Gasteiger partial charge in [0.05, 0.1) is 22.0 Å². The molecule has 31 heavy (non-hydrogen) atoms. The number of nitrogens with zero attached hydrogens (tertiary/aromatic N) is 5. The Bertz CT molecular complexity index is 1400. The summed E-state index contributed by atoms with van der Waals surface area (Å²) in [5, 5.41) is 11.7. The van der Waals surface area contributed by atoms with Crippen LogP contribution < -0.4 is 5.32 Å².